The molecule has 0 spiro atoms. The zero-order valence-corrected chi connectivity index (χ0v) is 10.7. The van der Waals surface area contributed by atoms with E-state index >= 15 is 0 Å². The molecule has 2 aromatic rings. The van der Waals surface area contributed by atoms with Crippen LogP contribution >= 0.6 is 11.6 Å². The van der Waals surface area contributed by atoms with Crippen LogP contribution in [0, 0.1) is 6.92 Å². The predicted octanol–water partition coefficient (Wildman–Crippen LogP) is 1.27. The van der Waals surface area contributed by atoms with Crippen molar-refractivity contribution in [1.82, 2.24) is 19.6 Å². The maximum absolute atomic E-state index is 9.28. The fraction of sp³-hybridized carbons (Fsp3) is 0.500. The Morgan fingerprint density at radius 1 is 1.53 bits per heavy atom. The number of fused-ring (bicyclic) bond motifs is 1. The molecule has 0 radical (unpaired) electrons. The lowest BCUT2D eigenvalue weighted by Crippen LogP contribution is -2.36. The molecule has 7 heteroatoms. The van der Waals surface area contributed by atoms with Crippen molar-refractivity contribution in [3.63, 3.8) is 0 Å². The molecule has 2 rings (SSSR count). The summed E-state index contributed by atoms with van der Waals surface area (Å²) in [4.78, 5) is 8.09. The lowest BCUT2D eigenvalue weighted by atomic mass is 10.1. The van der Waals surface area contributed by atoms with Crippen LogP contribution in [0.2, 0.25) is 5.15 Å². The molecule has 0 unspecified atom stereocenters. The number of rotatable bonds is 3. The molecule has 6 nitrogen and oxygen atoms in total. The largest absolute Gasteiger partial charge is 0.394 e. The highest BCUT2D eigenvalue weighted by Gasteiger charge is 2.20. The average molecular weight is 256 g/mol. The third kappa shape index (κ3) is 2.18. The summed E-state index contributed by atoms with van der Waals surface area (Å²) >= 11 is 6.03. The second-order valence-corrected chi connectivity index (χ2v) is 4.87. The molecule has 0 aliphatic heterocycles. The van der Waals surface area contributed by atoms with Gasteiger partial charge in [0.25, 0.3) is 5.78 Å². The molecule has 0 bridgehead atoms. The van der Waals surface area contributed by atoms with Gasteiger partial charge in [-0.3, -0.25) is 0 Å². The molecule has 17 heavy (non-hydrogen) atoms. The van der Waals surface area contributed by atoms with Gasteiger partial charge in [0.1, 0.15) is 17.3 Å². The van der Waals surface area contributed by atoms with Crippen molar-refractivity contribution < 1.29 is 5.11 Å². The number of halogens is 1. The van der Waals surface area contributed by atoms with E-state index < -0.39 is 5.54 Å². The number of hydrogen-bond acceptors (Lipinski definition) is 5. The van der Waals surface area contributed by atoms with Gasteiger partial charge in [0.2, 0.25) is 0 Å². The summed E-state index contributed by atoms with van der Waals surface area (Å²) < 4.78 is 1.57. The highest BCUT2D eigenvalue weighted by Crippen LogP contribution is 2.24. The van der Waals surface area contributed by atoms with E-state index in [9.17, 15) is 5.11 Å². The predicted molar refractivity (Wildman–Crippen MR) is 65.3 cm³/mol. The second kappa shape index (κ2) is 4.12. The molecule has 0 atom stereocenters. The van der Waals surface area contributed by atoms with Gasteiger partial charge in [-0.15, -0.1) is 0 Å². The summed E-state index contributed by atoms with van der Waals surface area (Å²) in [5.41, 5.74) is 0.292. The molecule has 0 fully saturated rings. The smallest absolute Gasteiger partial charge is 0.255 e. The molecule has 0 aliphatic rings. The Hall–Kier alpha value is -1.40. The summed E-state index contributed by atoms with van der Waals surface area (Å²) in [5.74, 6) is 1.12. The van der Waals surface area contributed by atoms with Crippen molar-refractivity contribution in [3.8, 4) is 0 Å². The standard InChI is InChI=1S/C10H14ClN5O/c1-6-7(11)14-9-12-5-13-16(9)8(6)15-10(2,3)4-17/h5,15,17H,4H2,1-3H3. The van der Waals surface area contributed by atoms with Crippen molar-refractivity contribution >= 4 is 23.2 Å². The summed E-state index contributed by atoms with van der Waals surface area (Å²) in [6.45, 7) is 5.59. The van der Waals surface area contributed by atoms with E-state index in [1.54, 1.807) is 4.52 Å². The van der Waals surface area contributed by atoms with Gasteiger partial charge in [-0.25, -0.2) is 0 Å². The van der Waals surface area contributed by atoms with Crippen molar-refractivity contribution in [2.24, 2.45) is 0 Å². The number of nitrogens with zero attached hydrogens (tertiary/aromatic N) is 4. The van der Waals surface area contributed by atoms with E-state index in [4.69, 9.17) is 11.6 Å². The van der Waals surface area contributed by atoms with E-state index in [2.05, 4.69) is 20.4 Å². The minimum atomic E-state index is -0.478. The Morgan fingerprint density at radius 2 is 2.24 bits per heavy atom. The lowest BCUT2D eigenvalue weighted by molar-refractivity contribution is 0.233. The van der Waals surface area contributed by atoms with E-state index in [0.717, 1.165) is 5.56 Å². The Morgan fingerprint density at radius 3 is 2.88 bits per heavy atom. The van der Waals surface area contributed by atoms with E-state index in [1.165, 1.54) is 6.33 Å². The Kier molecular flexibility index (Phi) is 2.92. The van der Waals surface area contributed by atoms with Gasteiger partial charge < -0.3 is 10.4 Å². The first-order valence-electron chi connectivity index (χ1n) is 5.19. The SMILES string of the molecule is Cc1c(Cl)nc2ncnn2c1NC(C)(C)CO. The molecule has 2 heterocycles. The molecule has 0 aliphatic carbocycles. The van der Waals surface area contributed by atoms with Gasteiger partial charge in [-0.2, -0.15) is 19.6 Å². The maximum atomic E-state index is 9.28. The average Bonchev–Trinajstić information content (AvgIpc) is 2.72. The first-order chi connectivity index (χ1) is 7.94. The zero-order chi connectivity index (χ0) is 12.6. The van der Waals surface area contributed by atoms with Gasteiger partial charge in [-0.1, -0.05) is 11.6 Å². The van der Waals surface area contributed by atoms with Crippen molar-refractivity contribution in [2.45, 2.75) is 26.3 Å². The Balaban J connectivity index is 2.58. The topological polar surface area (TPSA) is 75.3 Å². The molecule has 0 saturated carbocycles. The number of nitrogens with one attached hydrogen (secondary N) is 1. The number of aromatic nitrogens is 4. The molecule has 0 saturated heterocycles. The minimum absolute atomic E-state index is 0.0113. The van der Waals surface area contributed by atoms with Crippen molar-refractivity contribution in [1.29, 1.82) is 0 Å². The first kappa shape index (κ1) is 12.1. The second-order valence-electron chi connectivity index (χ2n) is 4.52. The molecule has 2 N–H and O–H groups in total. The van der Waals surface area contributed by atoms with Gasteiger partial charge in [-0.05, 0) is 20.8 Å². The van der Waals surface area contributed by atoms with Crippen LogP contribution in [0.25, 0.3) is 5.78 Å². The summed E-state index contributed by atoms with van der Waals surface area (Å²) in [5, 5.41) is 16.9. The van der Waals surface area contributed by atoms with Gasteiger partial charge in [0.05, 0.1) is 12.1 Å². The summed E-state index contributed by atoms with van der Waals surface area (Å²) in [6, 6.07) is 0. The van der Waals surface area contributed by atoms with Gasteiger partial charge >= 0.3 is 0 Å². The maximum Gasteiger partial charge on any atom is 0.255 e. The lowest BCUT2D eigenvalue weighted by Gasteiger charge is -2.26. The quantitative estimate of drug-likeness (QED) is 0.808. The molecule has 0 aromatic carbocycles. The summed E-state index contributed by atoms with van der Waals surface area (Å²) in [7, 11) is 0. The molecule has 0 amide bonds. The normalized spacial score (nSPS) is 12.1. The van der Waals surface area contributed by atoms with Crippen LogP contribution in [0.3, 0.4) is 0 Å². The third-order valence-corrected chi connectivity index (χ3v) is 2.82. The Bertz CT molecular complexity index is 551. The van der Waals surface area contributed by atoms with Crippen molar-refractivity contribution in [2.75, 3.05) is 11.9 Å². The molecule has 2 aromatic heterocycles. The van der Waals surface area contributed by atoms with Crippen molar-refractivity contribution in [3.05, 3.63) is 17.0 Å². The van der Waals surface area contributed by atoms with Gasteiger partial charge in [0, 0.05) is 5.56 Å². The fourth-order valence-electron chi connectivity index (χ4n) is 1.40. The van der Waals surface area contributed by atoms with Crippen LogP contribution in [0.15, 0.2) is 6.33 Å². The van der Waals surface area contributed by atoms with E-state index in [-0.39, 0.29) is 6.61 Å². The highest BCUT2D eigenvalue weighted by atomic mass is 35.5. The minimum Gasteiger partial charge on any atom is -0.394 e. The number of aliphatic hydroxyl groups excluding tert-OH is 1. The van der Waals surface area contributed by atoms with Crippen LogP contribution in [0.4, 0.5) is 5.82 Å². The molecule has 92 valence electrons. The van der Waals surface area contributed by atoms with Crippen LogP contribution < -0.4 is 5.32 Å². The van der Waals surface area contributed by atoms with E-state index in [1.807, 2.05) is 20.8 Å². The van der Waals surface area contributed by atoms with Gasteiger partial charge in [0.15, 0.2) is 0 Å². The number of hydrogen-bond donors (Lipinski definition) is 2. The molecular weight excluding hydrogens is 242 g/mol. The summed E-state index contributed by atoms with van der Waals surface area (Å²) in [6.07, 6.45) is 1.41. The van der Waals surface area contributed by atoms with Crippen LogP contribution in [-0.4, -0.2) is 36.8 Å². The fourth-order valence-corrected chi connectivity index (χ4v) is 1.57. The van der Waals surface area contributed by atoms with E-state index in [0.29, 0.717) is 16.7 Å². The monoisotopic (exact) mass is 255 g/mol. The van der Waals surface area contributed by atoms with Crippen LogP contribution in [0.1, 0.15) is 19.4 Å². The highest BCUT2D eigenvalue weighted by molar-refractivity contribution is 6.30. The Labute approximate surface area is 104 Å². The third-order valence-electron chi connectivity index (χ3n) is 2.46. The molecular formula is C10H14ClN5O. The number of anilines is 1. The van der Waals surface area contributed by atoms with Crippen LogP contribution in [0.5, 0.6) is 0 Å². The zero-order valence-electron chi connectivity index (χ0n) is 9.90. The number of aliphatic hydroxyl groups is 1. The first-order valence-corrected chi connectivity index (χ1v) is 5.57. The van der Waals surface area contributed by atoms with Crippen LogP contribution in [-0.2, 0) is 0 Å².